The molecule has 0 aromatic carbocycles. The number of hydrogen-bond acceptors (Lipinski definition) is 3. The molecule has 0 aliphatic carbocycles. The third-order valence-electron chi connectivity index (χ3n) is 3.15. The SMILES string of the molecule is CCC(C(=O)N1CCNCC1)n1cc(C)cn1. The van der Waals surface area contributed by atoms with E-state index in [1.807, 2.05) is 24.9 Å². The molecule has 1 unspecified atom stereocenters. The summed E-state index contributed by atoms with van der Waals surface area (Å²) in [6.45, 7) is 7.40. The van der Waals surface area contributed by atoms with Gasteiger partial charge in [0.15, 0.2) is 0 Å². The Bertz CT molecular complexity index is 382. The Labute approximate surface area is 102 Å². The van der Waals surface area contributed by atoms with Gasteiger partial charge in [-0.2, -0.15) is 5.10 Å². The number of piperazine rings is 1. The number of hydrogen-bond donors (Lipinski definition) is 1. The van der Waals surface area contributed by atoms with Crippen molar-refractivity contribution in [1.29, 1.82) is 0 Å². The van der Waals surface area contributed by atoms with Gasteiger partial charge in [0.05, 0.1) is 6.20 Å². The van der Waals surface area contributed by atoms with Crippen LogP contribution in [-0.2, 0) is 4.79 Å². The fraction of sp³-hybridized carbons (Fsp3) is 0.667. The van der Waals surface area contributed by atoms with Crippen molar-refractivity contribution in [2.75, 3.05) is 26.2 Å². The number of carbonyl (C=O) groups excluding carboxylic acids is 1. The van der Waals surface area contributed by atoms with Crippen LogP contribution in [0.4, 0.5) is 0 Å². The smallest absolute Gasteiger partial charge is 0.247 e. The highest BCUT2D eigenvalue weighted by molar-refractivity contribution is 5.80. The van der Waals surface area contributed by atoms with E-state index in [4.69, 9.17) is 0 Å². The van der Waals surface area contributed by atoms with Crippen molar-refractivity contribution >= 4 is 5.91 Å². The summed E-state index contributed by atoms with van der Waals surface area (Å²) < 4.78 is 1.79. The number of rotatable bonds is 3. The molecule has 94 valence electrons. The third kappa shape index (κ3) is 2.66. The number of nitrogens with zero attached hydrogens (tertiary/aromatic N) is 3. The molecule has 0 saturated carbocycles. The quantitative estimate of drug-likeness (QED) is 0.835. The lowest BCUT2D eigenvalue weighted by Gasteiger charge is -2.30. The van der Waals surface area contributed by atoms with E-state index in [-0.39, 0.29) is 11.9 Å². The van der Waals surface area contributed by atoms with Gasteiger partial charge in [-0.05, 0) is 18.9 Å². The van der Waals surface area contributed by atoms with Crippen molar-refractivity contribution in [1.82, 2.24) is 20.0 Å². The molecule has 2 heterocycles. The lowest BCUT2D eigenvalue weighted by atomic mass is 10.2. The predicted octanol–water partition coefficient (Wildman–Crippen LogP) is 0.574. The summed E-state index contributed by atoms with van der Waals surface area (Å²) in [5.74, 6) is 0.192. The molecule has 1 amide bonds. The van der Waals surface area contributed by atoms with Gasteiger partial charge >= 0.3 is 0 Å². The molecule has 1 aromatic heterocycles. The maximum absolute atomic E-state index is 12.4. The van der Waals surface area contributed by atoms with E-state index < -0.39 is 0 Å². The van der Waals surface area contributed by atoms with Crippen LogP contribution in [0.5, 0.6) is 0 Å². The fourth-order valence-electron chi connectivity index (χ4n) is 2.17. The molecule has 1 aliphatic heterocycles. The molecule has 1 saturated heterocycles. The molecule has 0 spiro atoms. The van der Waals surface area contributed by atoms with Gasteiger partial charge in [0.1, 0.15) is 6.04 Å². The van der Waals surface area contributed by atoms with Crippen LogP contribution in [0.1, 0.15) is 24.9 Å². The minimum atomic E-state index is -0.151. The van der Waals surface area contributed by atoms with Crippen LogP contribution in [0.2, 0.25) is 0 Å². The highest BCUT2D eigenvalue weighted by Gasteiger charge is 2.25. The van der Waals surface area contributed by atoms with E-state index in [0.29, 0.717) is 0 Å². The van der Waals surface area contributed by atoms with Crippen LogP contribution in [0.3, 0.4) is 0 Å². The average Bonchev–Trinajstić information content (AvgIpc) is 2.78. The van der Waals surface area contributed by atoms with E-state index in [1.165, 1.54) is 0 Å². The second-order valence-corrected chi connectivity index (χ2v) is 4.50. The predicted molar refractivity (Wildman–Crippen MR) is 65.7 cm³/mol. The van der Waals surface area contributed by atoms with Crippen molar-refractivity contribution in [2.45, 2.75) is 26.3 Å². The Morgan fingerprint density at radius 2 is 2.24 bits per heavy atom. The molecule has 1 fully saturated rings. The third-order valence-corrected chi connectivity index (χ3v) is 3.15. The molecule has 17 heavy (non-hydrogen) atoms. The molecule has 1 N–H and O–H groups in total. The normalized spacial score (nSPS) is 18.1. The molecule has 0 bridgehead atoms. The lowest BCUT2D eigenvalue weighted by molar-refractivity contribution is -0.135. The highest BCUT2D eigenvalue weighted by Crippen LogP contribution is 2.15. The van der Waals surface area contributed by atoms with E-state index in [2.05, 4.69) is 10.4 Å². The zero-order chi connectivity index (χ0) is 12.3. The topological polar surface area (TPSA) is 50.2 Å². The molecule has 1 atom stereocenters. The summed E-state index contributed by atoms with van der Waals surface area (Å²) in [5.41, 5.74) is 1.09. The maximum Gasteiger partial charge on any atom is 0.247 e. The summed E-state index contributed by atoms with van der Waals surface area (Å²) >= 11 is 0. The van der Waals surface area contributed by atoms with E-state index in [9.17, 15) is 4.79 Å². The van der Waals surface area contributed by atoms with Crippen molar-refractivity contribution < 1.29 is 4.79 Å². The zero-order valence-electron chi connectivity index (χ0n) is 10.5. The van der Waals surface area contributed by atoms with Crippen molar-refractivity contribution in [3.05, 3.63) is 18.0 Å². The van der Waals surface area contributed by atoms with E-state index in [0.717, 1.165) is 38.2 Å². The van der Waals surface area contributed by atoms with Crippen LogP contribution < -0.4 is 5.32 Å². The minimum absolute atomic E-state index is 0.151. The summed E-state index contributed by atoms with van der Waals surface area (Å²) in [6, 6.07) is -0.151. The Morgan fingerprint density at radius 1 is 1.53 bits per heavy atom. The Balaban J connectivity index is 2.09. The van der Waals surface area contributed by atoms with Crippen LogP contribution in [-0.4, -0.2) is 46.8 Å². The lowest BCUT2D eigenvalue weighted by Crippen LogP contribution is -2.48. The van der Waals surface area contributed by atoms with Gasteiger partial charge in [-0.15, -0.1) is 0 Å². The second kappa shape index (κ2) is 5.31. The van der Waals surface area contributed by atoms with Gasteiger partial charge in [-0.25, -0.2) is 0 Å². The molecule has 5 heteroatoms. The molecule has 0 radical (unpaired) electrons. The average molecular weight is 236 g/mol. The molecule has 2 rings (SSSR count). The fourth-order valence-corrected chi connectivity index (χ4v) is 2.17. The summed E-state index contributed by atoms with van der Waals surface area (Å²) in [5, 5.41) is 7.51. The monoisotopic (exact) mass is 236 g/mol. The Hall–Kier alpha value is -1.36. The van der Waals surface area contributed by atoms with E-state index in [1.54, 1.807) is 10.9 Å². The molecule has 1 aromatic rings. The van der Waals surface area contributed by atoms with Gasteiger partial charge in [0, 0.05) is 32.4 Å². The minimum Gasteiger partial charge on any atom is -0.338 e. The van der Waals surface area contributed by atoms with Crippen LogP contribution >= 0.6 is 0 Å². The summed E-state index contributed by atoms with van der Waals surface area (Å²) in [6.07, 6.45) is 4.52. The Morgan fingerprint density at radius 3 is 2.76 bits per heavy atom. The molecular formula is C12H20N4O. The van der Waals surface area contributed by atoms with Crippen LogP contribution in [0.15, 0.2) is 12.4 Å². The highest BCUT2D eigenvalue weighted by atomic mass is 16.2. The van der Waals surface area contributed by atoms with Gasteiger partial charge < -0.3 is 10.2 Å². The molecule has 1 aliphatic rings. The number of carbonyl (C=O) groups is 1. The summed E-state index contributed by atoms with van der Waals surface area (Å²) in [4.78, 5) is 14.3. The van der Waals surface area contributed by atoms with E-state index >= 15 is 0 Å². The molecule has 5 nitrogen and oxygen atoms in total. The van der Waals surface area contributed by atoms with Gasteiger partial charge in [0.2, 0.25) is 5.91 Å². The van der Waals surface area contributed by atoms with Crippen molar-refractivity contribution in [2.24, 2.45) is 0 Å². The Kier molecular flexibility index (Phi) is 3.78. The first-order valence-electron chi connectivity index (χ1n) is 6.22. The van der Waals surface area contributed by atoms with Gasteiger partial charge in [0.25, 0.3) is 0 Å². The van der Waals surface area contributed by atoms with Crippen molar-refractivity contribution in [3.63, 3.8) is 0 Å². The van der Waals surface area contributed by atoms with Gasteiger partial charge in [-0.1, -0.05) is 6.92 Å². The molecular weight excluding hydrogens is 216 g/mol. The van der Waals surface area contributed by atoms with Crippen LogP contribution in [0.25, 0.3) is 0 Å². The first-order valence-corrected chi connectivity index (χ1v) is 6.22. The first-order chi connectivity index (χ1) is 8.22. The standard InChI is InChI=1S/C12H20N4O/c1-3-11(16-9-10(2)8-14-16)12(17)15-6-4-13-5-7-15/h8-9,11,13H,3-7H2,1-2H3. The number of nitrogens with one attached hydrogen (secondary N) is 1. The largest absolute Gasteiger partial charge is 0.338 e. The number of aromatic nitrogens is 2. The number of aryl methyl sites for hydroxylation is 1. The second-order valence-electron chi connectivity index (χ2n) is 4.50. The number of amides is 1. The zero-order valence-corrected chi connectivity index (χ0v) is 10.5. The summed E-state index contributed by atoms with van der Waals surface area (Å²) in [7, 11) is 0. The van der Waals surface area contributed by atoms with Gasteiger partial charge in [-0.3, -0.25) is 9.48 Å². The van der Waals surface area contributed by atoms with Crippen molar-refractivity contribution in [3.8, 4) is 0 Å². The maximum atomic E-state index is 12.4. The first kappa shape index (κ1) is 12.1. The van der Waals surface area contributed by atoms with Crippen LogP contribution in [0, 0.1) is 6.92 Å².